The van der Waals surface area contributed by atoms with Gasteiger partial charge >= 0.3 is 0 Å². The second kappa shape index (κ2) is 8.85. The van der Waals surface area contributed by atoms with E-state index in [-0.39, 0.29) is 17.4 Å². The summed E-state index contributed by atoms with van der Waals surface area (Å²) in [5, 5.41) is 9.21. The molecule has 1 aromatic heterocycles. The fourth-order valence-electron chi connectivity index (χ4n) is 5.35. The zero-order valence-corrected chi connectivity index (χ0v) is 19.5. The number of nitrogens with zero attached hydrogens (tertiary/aromatic N) is 4. The van der Waals surface area contributed by atoms with Gasteiger partial charge in [0, 0.05) is 47.2 Å². The third-order valence-corrected chi connectivity index (χ3v) is 7.61. The summed E-state index contributed by atoms with van der Waals surface area (Å²) in [5.74, 6) is 0.394. The summed E-state index contributed by atoms with van der Waals surface area (Å²) < 4.78 is 1.86. The molecule has 1 aliphatic carbocycles. The van der Waals surface area contributed by atoms with Gasteiger partial charge in [-0.2, -0.15) is 0 Å². The van der Waals surface area contributed by atoms with Crippen LogP contribution in [-0.2, 0) is 12.0 Å². The zero-order chi connectivity index (χ0) is 23.9. The van der Waals surface area contributed by atoms with Crippen molar-refractivity contribution in [1.29, 1.82) is 0 Å². The van der Waals surface area contributed by atoms with E-state index in [0.29, 0.717) is 36.8 Å². The fourth-order valence-corrected chi connectivity index (χ4v) is 5.54. The van der Waals surface area contributed by atoms with Gasteiger partial charge < -0.3 is 20.9 Å². The summed E-state index contributed by atoms with van der Waals surface area (Å²) in [4.78, 5) is 26.6. The average molecular weight is 479 g/mol. The quantitative estimate of drug-likeness (QED) is 0.584. The second-order valence-electron chi connectivity index (χ2n) is 9.16. The summed E-state index contributed by atoms with van der Waals surface area (Å²) in [7, 11) is 0. The number of benzene rings is 2. The first-order chi connectivity index (χ1) is 16.4. The zero-order valence-electron chi connectivity index (χ0n) is 18.8. The molecule has 2 amide bonds. The van der Waals surface area contributed by atoms with Gasteiger partial charge in [-0.3, -0.25) is 9.59 Å². The normalized spacial score (nSPS) is 22.5. The Morgan fingerprint density at radius 3 is 2.41 bits per heavy atom. The van der Waals surface area contributed by atoms with Crippen molar-refractivity contribution in [1.82, 2.24) is 19.7 Å². The minimum atomic E-state index is -0.484. The number of rotatable bonds is 5. The average Bonchev–Trinajstić information content (AvgIpc) is 3.30. The van der Waals surface area contributed by atoms with Crippen LogP contribution < -0.4 is 11.5 Å². The molecule has 3 aromatic rings. The monoisotopic (exact) mass is 478 g/mol. The van der Waals surface area contributed by atoms with Crippen LogP contribution in [0.25, 0.3) is 11.4 Å². The Labute approximate surface area is 202 Å². The van der Waals surface area contributed by atoms with E-state index in [1.165, 1.54) is 5.56 Å². The van der Waals surface area contributed by atoms with Crippen LogP contribution in [0.5, 0.6) is 0 Å². The van der Waals surface area contributed by atoms with E-state index in [4.69, 9.17) is 23.1 Å². The molecule has 2 heterocycles. The topological polar surface area (TPSA) is 120 Å². The number of hydrogen-bond acceptors (Lipinski definition) is 5. The lowest BCUT2D eigenvalue weighted by Crippen LogP contribution is -2.50. The van der Waals surface area contributed by atoms with E-state index < -0.39 is 5.91 Å². The maximum atomic E-state index is 13.3. The highest BCUT2D eigenvalue weighted by atomic mass is 35.5. The summed E-state index contributed by atoms with van der Waals surface area (Å²) >= 11 is 6.24. The van der Waals surface area contributed by atoms with Crippen molar-refractivity contribution in [2.45, 2.75) is 43.7 Å². The Bertz CT molecular complexity index is 1230. The Hall–Kier alpha value is -3.23. The van der Waals surface area contributed by atoms with Gasteiger partial charge in [0.25, 0.3) is 5.91 Å². The van der Waals surface area contributed by atoms with E-state index in [1.54, 1.807) is 24.3 Å². The summed E-state index contributed by atoms with van der Waals surface area (Å²) in [5.41, 5.74) is 13.9. The van der Waals surface area contributed by atoms with Gasteiger partial charge in [0.15, 0.2) is 5.82 Å². The number of carbonyl (C=O) groups excluding carboxylic acids is 2. The molecule has 34 heavy (non-hydrogen) atoms. The number of halogens is 1. The Kier molecular flexibility index (Phi) is 5.87. The van der Waals surface area contributed by atoms with Gasteiger partial charge in [-0.25, -0.2) is 0 Å². The molecule has 9 heteroatoms. The van der Waals surface area contributed by atoms with Crippen molar-refractivity contribution in [3.05, 3.63) is 70.5 Å². The molecule has 2 aromatic carbocycles. The smallest absolute Gasteiger partial charge is 0.292 e. The van der Waals surface area contributed by atoms with Crippen molar-refractivity contribution in [2.24, 2.45) is 11.5 Å². The highest BCUT2D eigenvalue weighted by Gasteiger charge is 2.40. The Morgan fingerprint density at radius 2 is 1.76 bits per heavy atom. The Balaban J connectivity index is 1.32. The maximum absolute atomic E-state index is 13.3. The molecule has 1 fully saturated rings. The first-order valence-electron chi connectivity index (χ1n) is 11.5. The molecule has 0 bridgehead atoms. The Morgan fingerprint density at radius 1 is 1.06 bits per heavy atom. The van der Waals surface area contributed by atoms with E-state index in [0.717, 1.165) is 36.3 Å². The molecule has 0 spiro atoms. The highest BCUT2D eigenvalue weighted by Crippen LogP contribution is 2.41. The standard InChI is InChI=1S/C25H27ClN6O2/c26-19-3-1-2-18(14-19)25(15-27)10-8-20(9-11-25)31-12-13-32-22(29-30-23(32)24(31)34)17-6-4-16(5-7-17)21(28)33/h1-7,14,20H,8-13,15,27H2,(H2,28,33)/t20-,25-. The van der Waals surface area contributed by atoms with Crippen molar-refractivity contribution >= 4 is 23.4 Å². The van der Waals surface area contributed by atoms with Crippen LogP contribution in [0.1, 0.15) is 52.2 Å². The van der Waals surface area contributed by atoms with Crippen molar-refractivity contribution < 1.29 is 9.59 Å². The number of fused-ring (bicyclic) bond motifs is 1. The lowest BCUT2D eigenvalue weighted by Gasteiger charge is -2.44. The largest absolute Gasteiger partial charge is 0.366 e. The minimum absolute atomic E-state index is 0.0910. The lowest BCUT2D eigenvalue weighted by atomic mass is 9.68. The van der Waals surface area contributed by atoms with Crippen molar-refractivity contribution in [3.8, 4) is 11.4 Å². The van der Waals surface area contributed by atoms with Crippen LogP contribution in [0, 0.1) is 0 Å². The number of nitrogens with two attached hydrogens (primary N) is 2. The maximum Gasteiger partial charge on any atom is 0.292 e. The number of primary amides is 1. The molecular formula is C25H27ClN6O2. The molecule has 5 rings (SSSR count). The van der Waals surface area contributed by atoms with Gasteiger partial charge in [0.2, 0.25) is 11.7 Å². The molecule has 176 valence electrons. The third kappa shape index (κ3) is 3.86. The van der Waals surface area contributed by atoms with Crippen LogP contribution in [0.2, 0.25) is 5.02 Å². The van der Waals surface area contributed by atoms with Crippen LogP contribution in [-0.4, -0.2) is 50.6 Å². The number of aromatic nitrogens is 3. The van der Waals surface area contributed by atoms with Crippen LogP contribution in [0.3, 0.4) is 0 Å². The van der Waals surface area contributed by atoms with Gasteiger partial charge in [0.1, 0.15) is 0 Å². The molecule has 1 saturated carbocycles. The van der Waals surface area contributed by atoms with Crippen molar-refractivity contribution in [2.75, 3.05) is 13.1 Å². The summed E-state index contributed by atoms with van der Waals surface area (Å²) in [6.45, 7) is 1.78. The van der Waals surface area contributed by atoms with Gasteiger partial charge in [-0.1, -0.05) is 35.9 Å². The van der Waals surface area contributed by atoms with Crippen LogP contribution >= 0.6 is 11.6 Å². The van der Waals surface area contributed by atoms with Crippen molar-refractivity contribution in [3.63, 3.8) is 0 Å². The molecule has 0 atom stereocenters. The summed E-state index contributed by atoms with van der Waals surface area (Å²) in [6, 6.07) is 15.0. The molecule has 0 saturated heterocycles. The number of hydrogen-bond donors (Lipinski definition) is 2. The predicted octanol–water partition coefficient (Wildman–Crippen LogP) is 2.99. The van der Waals surface area contributed by atoms with E-state index in [9.17, 15) is 9.59 Å². The fraction of sp³-hybridized carbons (Fsp3) is 0.360. The number of amides is 2. The molecular weight excluding hydrogens is 452 g/mol. The van der Waals surface area contributed by atoms with E-state index in [1.807, 2.05) is 27.7 Å². The van der Waals surface area contributed by atoms with Crippen LogP contribution in [0.15, 0.2) is 48.5 Å². The molecule has 0 radical (unpaired) electrons. The summed E-state index contributed by atoms with van der Waals surface area (Å²) in [6.07, 6.45) is 3.57. The van der Waals surface area contributed by atoms with Gasteiger partial charge in [-0.15, -0.1) is 10.2 Å². The number of carbonyl (C=O) groups is 2. The minimum Gasteiger partial charge on any atom is -0.366 e. The molecule has 8 nitrogen and oxygen atoms in total. The van der Waals surface area contributed by atoms with Gasteiger partial charge in [-0.05, 0) is 55.5 Å². The van der Waals surface area contributed by atoms with E-state index in [2.05, 4.69) is 16.3 Å². The predicted molar refractivity (Wildman–Crippen MR) is 129 cm³/mol. The van der Waals surface area contributed by atoms with Gasteiger partial charge in [0.05, 0.1) is 0 Å². The van der Waals surface area contributed by atoms with Crippen LogP contribution in [0.4, 0.5) is 0 Å². The first-order valence-corrected chi connectivity index (χ1v) is 11.9. The SMILES string of the molecule is NC[C@]1(c2cccc(Cl)c2)CC[C@H](N2CCn3c(nnc3-c3ccc(C(N)=O)cc3)C2=O)CC1. The molecule has 0 unspecified atom stereocenters. The highest BCUT2D eigenvalue weighted by molar-refractivity contribution is 6.30. The molecule has 1 aliphatic heterocycles. The lowest BCUT2D eigenvalue weighted by molar-refractivity contribution is 0.0523. The first kappa shape index (κ1) is 22.6. The molecule has 2 aliphatic rings. The van der Waals surface area contributed by atoms with E-state index >= 15 is 0 Å². The third-order valence-electron chi connectivity index (χ3n) is 7.38. The second-order valence-corrected chi connectivity index (χ2v) is 9.60. The molecule has 4 N–H and O–H groups in total.